The van der Waals surface area contributed by atoms with Crippen molar-refractivity contribution in [1.82, 2.24) is 9.97 Å². The Labute approximate surface area is 178 Å². The van der Waals surface area contributed by atoms with E-state index in [9.17, 15) is 9.18 Å². The minimum atomic E-state index is -0.609. The number of pyridine rings is 2. The van der Waals surface area contributed by atoms with E-state index in [2.05, 4.69) is 15.3 Å². The van der Waals surface area contributed by atoms with Crippen molar-refractivity contribution in [3.63, 3.8) is 0 Å². The van der Waals surface area contributed by atoms with Crippen molar-refractivity contribution in [2.24, 2.45) is 5.73 Å². The number of hydrogen-bond donors (Lipinski definition) is 2. The number of carbonyl (C=O) groups excluding carboxylic acids is 1. The molecule has 0 spiro atoms. The van der Waals surface area contributed by atoms with Crippen molar-refractivity contribution in [2.75, 3.05) is 5.32 Å². The van der Waals surface area contributed by atoms with Crippen molar-refractivity contribution >= 4 is 11.6 Å². The molecule has 0 bridgehead atoms. The molecule has 0 aliphatic rings. The monoisotopic (exact) mass is 414 g/mol. The number of halogens is 1. The van der Waals surface area contributed by atoms with Gasteiger partial charge in [0.15, 0.2) is 0 Å². The quantitative estimate of drug-likeness (QED) is 0.454. The zero-order valence-corrected chi connectivity index (χ0v) is 16.5. The number of anilines is 1. The maximum Gasteiger partial charge on any atom is 0.267 e. The van der Waals surface area contributed by atoms with Crippen LogP contribution in [0.4, 0.5) is 10.1 Å². The highest BCUT2D eigenvalue weighted by Gasteiger charge is 2.10. The summed E-state index contributed by atoms with van der Waals surface area (Å²) in [5.41, 5.74) is 8.74. The molecule has 2 heterocycles. The van der Waals surface area contributed by atoms with Crippen molar-refractivity contribution in [3.05, 3.63) is 102 Å². The molecule has 2 aromatic heterocycles. The number of rotatable bonds is 7. The van der Waals surface area contributed by atoms with Crippen LogP contribution in [0.1, 0.15) is 16.1 Å². The molecular formula is C24H19FN4O2. The summed E-state index contributed by atoms with van der Waals surface area (Å²) in [5.74, 6) is 0.194. The van der Waals surface area contributed by atoms with Crippen molar-refractivity contribution in [2.45, 2.75) is 6.54 Å². The van der Waals surface area contributed by atoms with Crippen molar-refractivity contribution in [1.29, 1.82) is 0 Å². The van der Waals surface area contributed by atoms with E-state index in [0.717, 1.165) is 11.1 Å². The summed E-state index contributed by atoms with van der Waals surface area (Å²) in [7, 11) is 0. The molecule has 2 aromatic carbocycles. The Hall–Kier alpha value is -4.26. The summed E-state index contributed by atoms with van der Waals surface area (Å²) in [6.45, 7) is 0.542. The molecule has 0 saturated heterocycles. The van der Waals surface area contributed by atoms with Crippen LogP contribution in [0, 0.1) is 5.82 Å². The molecule has 1 amide bonds. The Balaban J connectivity index is 1.55. The van der Waals surface area contributed by atoms with Gasteiger partial charge in [0.1, 0.15) is 23.0 Å². The molecule has 0 fully saturated rings. The number of aromatic nitrogens is 2. The molecule has 7 heteroatoms. The first kappa shape index (κ1) is 20.0. The van der Waals surface area contributed by atoms with Crippen LogP contribution in [-0.2, 0) is 6.54 Å². The van der Waals surface area contributed by atoms with Gasteiger partial charge in [-0.1, -0.05) is 6.07 Å². The standard InChI is InChI=1S/C24H19FN4O2/c25-18-5-9-21(10-6-18)31-20-7-3-17(4-8-20)22-12-19(13-23(29-22)24(26)30)28-15-16-2-1-11-27-14-16/h1-14H,15H2,(H2,26,30)(H,28,29). The number of nitrogens with two attached hydrogens (primary N) is 1. The number of primary amides is 1. The smallest absolute Gasteiger partial charge is 0.267 e. The molecule has 154 valence electrons. The summed E-state index contributed by atoms with van der Waals surface area (Å²) < 4.78 is 18.8. The average Bonchev–Trinajstić information content (AvgIpc) is 2.80. The van der Waals surface area contributed by atoms with E-state index < -0.39 is 5.91 Å². The summed E-state index contributed by atoms with van der Waals surface area (Å²) in [6.07, 6.45) is 3.48. The molecule has 0 atom stereocenters. The minimum absolute atomic E-state index is 0.165. The van der Waals surface area contributed by atoms with E-state index in [1.54, 1.807) is 42.7 Å². The molecule has 0 radical (unpaired) electrons. The zero-order valence-electron chi connectivity index (χ0n) is 16.5. The number of carbonyl (C=O) groups is 1. The second kappa shape index (κ2) is 9.04. The number of nitrogens with zero attached hydrogens (tertiary/aromatic N) is 2. The van der Waals surface area contributed by atoms with Gasteiger partial charge < -0.3 is 15.8 Å². The van der Waals surface area contributed by atoms with Crippen LogP contribution in [0.25, 0.3) is 11.3 Å². The van der Waals surface area contributed by atoms with Gasteiger partial charge >= 0.3 is 0 Å². The zero-order chi connectivity index (χ0) is 21.6. The molecule has 6 nitrogen and oxygen atoms in total. The third kappa shape index (κ3) is 5.22. The van der Waals surface area contributed by atoms with E-state index in [0.29, 0.717) is 29.4 Å². The van der Waals surface area contributed by atoms with Gasteiger partial charge in [-0.05, 0) is 72.3 Å². The highest BCUT2D eigenvalue weighted by atomic mass is 19.1. The summed E-state index contributed by atoms with van der Waals surface area (Å²) in [5, 5.41) is 3.27. The van der Waals surface area contributed by atoms with Gasteiger partial charge in [-0.3, -0.25) is 9.78 Å². The lowest BCUT2D eigenvalue weighted by molar-refractivity contribution is 0.0995. The third-order valence-corrected chi connectivity index (χ3v) is 4.50. The number of amides is 1. The van der Waals surface area contributed by atoms with Crippen LogP contribution in [0.5, 0.6) is 11.5 Å². The van der Waals surface area contributed by atoms with Crippen LogP contribution >= 0.6 is 0 Å². The van der Waals surface area contributed by atoms with Crippen molar-refractivity contribution in [3.8, 4) is 22.8 Å². The molecule has 31 heavy (non-hydrogen) atoms. The van der Waals surface area contributed by atoms with E-state index in [4.69, 9.17) is 10.5 Å². The lowest BCUT2D eigenvalue weighted by Crippen LogP contribution is -2.14. The molecule has 0 saturated carbocycles. The van der Waals surface area contributed by atoms with Gasteiger partial charge in [-0.15, -0.1) is 0 Å². The number of nitrogens with one attached hydrogen (secondary N) is 1. The lowest BCUT2D eigenvalue weighted by atomic mass is 10.1. The molecule has 0 aliphatic heterocycles. The number of benzene rings is 2. The second-order valence-corrected chi connectivity index (χ2v) is 6.79. The van der Waals surface area contributed by atoms with Crippen LogP contribution < -0.4 is 15.8 Å². The van der Waals surface area contributed by atoms with Gasteiger partial charge in [0.2, 0.25) is 0 Å². The van der Waals surface area contributed by atoms with Crippen LogP contribution in [0.3, 0.4) is 0 Å². The second-order valence-electron chi connectivity index (χ2n) is 6.79. The Morgan fingerprint density at radius 2 is 1.71 bits per heavy atom. The van der Waals surface area contributed by atoms with E-state index in [1.807, 2.05) is 30.3 Å². The third-order valence-electron chi connectivity index (χ3n) is 4.50. The first-order chi connectivity index (χ1) is 15.1. The maximum absolute atomic E-state index is 13.0. The fourth-order valence-electron chi connectivity index (χ4n) is 2.95. The van der Waals surface area contributed by atoms with E-state index in [1.165, 1.54) is 12.1 Å². The van der Waals surface area contributed by atoms with Crippen LogP contribution in [0.2, 0.25) is 0 Å². The van der Waals surface area contributed by atoms with Gasteiger partial charge in [0.05, 0.1) is 5.69 Å². The summed E-state index contributed by atoms with van der Waals surface area (Å²) in [6, 6.07) is 20.3. The minimum Gasteiger partial charge on any atom is -0.457 e. The van der Waals surface area contributed by atoms with E-state index in [-0.39, 0.29) is 11.5 Å². The molecule has 3 N–H and O–H groups in total. The van der Waals surface area contributed by atoms with Gasteiger partial charge in [-0.25, -0.2) is 9.37 Å². The maximum atomic E-state index is 13.0. The molecule has 4 aromatic rings. The Kier molecular flexibility index (Phi) is 5.84. The number of hydrogen-bond acceptors (Lipinski definition) is 5. The number of ether oxygens (including phenoxy) is 1. The molecule has 0 aliphatic carbocycles. The Morgan fingerprint density at radius 1 is 1.00 bits per heavy atom. The first-order valence-corrected chi connectivity index (χ1v) is 9.55. The lowest BCUT2D eigenvalue weighted by Gasteiger charge is -2.11. The van der Waals surface area contributed by atoms with Crippen LogP contribution in [-0.4, -0.2) is 15.9 Å². The molecule has 4 rings (SSSR count). The first-order valence-electron chi connectivity index (χ1n) is 9.55. The molecule has 0 unspecified atom stereocenters. The average molecular weight is 414 g/mol. The predicted molar refractivity (Wildman–Crippen MR) is 116 cm³/mol. The Bertz CT molecular complexity index is 1180. The SMILES string of the molecule is NC(=O)c1cc(NCc2cccnc2)cc(-c2ccc(Oc3ccc(F)cc3)cc2)n1. The van der Waals surface area contributed by atoms with E-state index >= 15 is 0 Å². The highest BCUT2D eigenvalue weighted by Crippen LogP contribution is 2.27. The topological polar surface area (TPSA) is 90.1 Å². The predicted octanol–water partition coefficient (Wildman–Crippen LogP) is 4.79. The van der Waals surface area contributed by atoms with Gasteiger partial charge in [0, 0.05) is 30.2 Å². The van der Waals surface area contributed by atoms with Crippen LogP contribution in [0.15, 0.2) is 85.2 Å². The van der Waals surface area contributed by atoms with Gasteiger partial charge in [-0.2, -0.15) is 0 Å². The van der Waals surface area contributed by atoms with Crippen molar-refractivity contribution < 1.29 is 13.9 Å². The molecular weight excluding hydrogens is 395 g/mol. The summed E-state index contributed by atoms with van der Waals surface area (Å²) >= 11 is 0. The fraction of sp³-hybridized carbons (Fsp3) is 0.0417. The largest absolute Gasteiger partial charge is 0.457 e. The fourth-order valence-corrected chi connectivity index (χ4v) is 2.95. The Morgan fingerprint density at radius 3 is 2.35 bits per heavy atom. The van der Waals surface area contributed by atoms with Gasteiger partial charge in [0.25, 0.3) is 5.91 Å². The normalized spacial score (nSPS) is 10.5. The summed E-state index contributed by atoms with van der Waals surface area (Å²) in [4.78, 5) is 20.2. The highest BCUT2D eigenvalue weighted by molar-refractivity contribution is 5.92.